The van der Waals surface area contributed by atoms with Crippen LogP contribution in [-0.2, 0) is 13.2 Å². The molecule has 2 aromatic carbocycles. The van der Waals surface area contributed by atoms with Crippen molar-refractivity contribution in [3.05, 3.63) is 56.0 Å². The molecule has 0 unspecified atom stereocenters. The van der Waals surface area contributed by atoms with Crippen LogP contribution in [0.4, 0.5) is 0 Å². The first kappa shape index (κ1) is 23.3. The third-order valence-corrected chi connectivity index (χ3v) is 5.41. The minimum absolute atomic E-state index is 0.258. The van der Waals surface area contributed by atoms with E-state index in [1.807, 2.05) is 25.1 Å². The average Bonchev–Trinajstić information content (AvgIpc) is 2.67. The van der Waals surface area contributed by atoms with Gasteiger partial charge in [-0.1, -0.05) is 29.3 Å². The van der Waals surface area contributed by atoms with Gasteiger partial charge in [-0.05, 0) is 84.1 Å². The van der Waals surface area contributed by atoms with Crippen molar-refractivity contribution >= 4 is 39.1 Å². The number of aliphatic hydroxyl groups excluding tert-OH is 1. The third-order valence-electron chi connectivity index (χ3n) is 4.08. The molecule has 0 radical (unpaired) electrons. The van der Waals surface area contributed by atoms with Gasteiger partial charge in [-0.15, -0.1) is 0 Å². The monoisotopic (exact) mass is 489 g/mol. The number of unbranched alkanes of at least 4 members (excludes halogenated alkanes) is 2. The van der Waals surface area contributed by atoms with Crippen LogP contribution in [0.2, 0.25) is 10.0 Å². The van der Waals surface area contributed by atoms with E-state index < -0.39 is 0 Å². The SMILES string of the molecule is CCOc1cc(CNCCCCCO)cc(Br)c1OCc1ccc(Cl)c(Cl)c1. The molecule has 4 nitrogen and oxygen atoms in total. The molecule has 0 saturated carbocycles. The van der Waals surface area contributed by atoms with Crippen LogP contribution in [0.5, 0.6) is 11.5 Å². The van der Waals surface area contributed by atoms with Gasteiger partial charge in [0.15, 0.2) is 11.5 Å². The molecule has 0 aliphatic carbocycles. The molecule has 0 aliphatic heterocycles. The van der Waals surface area contributed by atoms with E-state index >= 15 is 0 Å². The second kappa shape index (κ2) is 12.6. The summed E-state index contributed by atoms with van der Waals surface area (Å²) in [4.78, 5) is 0. The van der Waals surface area contributed by atoms with Crippen molar-refractivity contribution in [2.24, 2.45) is 0 Å². The molecular formula is C21H26BrCl2NO3. The summed E-state index contributed by atoms with van der Waals surface area (Å²) in [6.45, 7) is 4.77. The number of hydrogen-bond acceptors (Lipinski definition) is 4. The third kappa shape index (κ3) is 7.45. The molecule has 0 amide bonds. The number of nitrogens with one attached hydrogen (secondary N) is 1. The maximum absolute atomic E-state index is 8.82. The zero-order chi connectivity index (χ0) is 20.4. The molecule has 0 spiro atoms. The molecule has 2 aromatic rings. The molecule has 0 bridgehead atoms. The lowest BCUT2D eigenvalue weighted by molar-refractivity contribution is 0.267. The number of ether oxygens (including phenoxy) is 2. The van der Waals surface area contributed by atoms with Crippen molar-refractivity contribution in [1.29, 1.82) is 0 Å². The summed E-state index contributed by atoms with van der Waals surface area (Å²) in [5.41, 5.74) is 2.04. The Bertz CT molecular complexity index is 759. The van der Waals surface area contributed by atoms with Gasteiger partial charge in [0, 0.05) is 13.2 Å². The van der Waals surface area contributed by atoms with Crippen LogP contribution in [0.3, 0.4) is 0 Å². The van der Waals surface area contributed by atoms with Crippen LogP contribution in [0, 0.1) is 0 Å². The molecule has 7 heteroatoms. The van der Waals surface area contributed by atoms with E-state index in [0.717, 1.165) is 48.0 Å². The Morgan fingerprint density at radius 3 is 2.54 bits per heavy atom. The Morgan fingerprint density at radius 2 is 1.82 bits per heavy atom. The first-order valence-electron chi connectivity index (χ1n) is 9.38. The number of aliphatic hydroxyl groups is 1. The van der Waals surface area contributed by atoms with E-state index in [0.29, 0.717) is 34.8 Å². The summed E-state index contributed by atoms with van der Waals surface area (Å²) in [6, 6.07) is 9.48. The zero-order valence-corrected chi connectivity index (χ0v) is 19.0. The lowest BCUT2D eigenvalue weighted by atomic mass is 10.2. The largest absolute Gasteiger partial charge is 0.490 e. The molecule has 0 aliphatic rings. The Morgan fingerprint density at radius 1 is 1.00 bits per heavy atom. The van der Waals surface area contributed by atoms with Gasteiger partial charge in [-0.3, -0.25) is 0 Å². The summed E-state index contributed by atoms with van der Waals surface area (Å²) < 4.78 is 12.6. The van der Waals surface area contributed by atoms with Crippen molar-refractivity contribution in [2.45, 2.75) is 39.3 Å². The molecule has 154 valence electrons. The van der Waals surface area contributed by atoms with Crippen molar-refractivity contribution in [3.8, 4) is 11.5 Å². The predicted molar refractivity (Wildman–Crippen MR) is 119 cm³/mol. The van der Waals surface area contributed by atoms with E-state index in [9.17, 15) is 0 Å². The van der Waals surface area contributed by atoms with Gasteiger partial charge in [0.25, 0.3) is 0 Å². The standard InChI is InChI=1S/C21H26BrCl2NO3/c1-2-27-20-12-16(13-25-8-4-3-5-9-26)10-17(22)21(20)28-14-15-6-7-18(23)19(24)11-15/h6-7,10-12,25-26H,2-5,8-9,13-14H2,1H3. The van der Waals surface area contributed by atoms with Crippen LogP contribution in [0.1, 0.15) is 37.3 Å². The summed E-state index contributed by atoms with van der Waals surface area (Å²) in [5.74, 6) is 1.37. The van der Waals surface area contributed by atoms with Crippen LogP contribution >= 0.6 is 39.1 Å². The first-order chi connectivity index (χ1) is 13.5. The summed E-state index contributed by atoms with van der Waals surface area (Å²) in [6.07, 6.45) is 2.93. The van der Waals surface area contributed by atoms with Gasteiger partial charge >= 0.3 is 0 Å². The van der Waals surface area contributed by atoms with E-state index in [1.165, 1.54) is 0 Å². The molecule has 0 atom stereocenters. The molecular weight excluding hydrogens is 465 g/mol. The molecule has 0 fully saturated rings. The fourth-order valence-corrected chi connectivity index (χ4v) is 3.61. The summed E-state index contributed by atoms with van der Waals surface area (Å²) in [5, 5.41) is 13.3. The fraction of sp³-hybridized carbons (Fsp3) is 0.429. The molecule has 0 aromatic heterocycles. The van der Waals surface area contributed by atoms with Crippen LogP contribution in [0.25, 0.3) is 0 Å². The summed E-state index contributed by atoms with van der Waals surface area (Å²) >= 11 is 15.6. The highest BCUT2D eigenvalue weighted by Crippen LogP contribution is 2.37. The maximum Gasteiger partial charge on any atom is 0.175 e. The molecule has 0 saturated heterocycles. The van der Waals surface area contributed by atoms with E-state index in [1.54, 1.807) is 12.1 Å². The van der Waals surface area contributed by atoms with Crippen LogP contribution < -0.4 is 14.8 Å². The van der Waals surface area contributed by atoms with Crippen molar-refractivity contribution in [1.82, 2.24) is 5.32 Å². The topological polar surface area (TPSA) is 50.7 Å². The first-order valence-corrected chi connectivity index (χ1v) is 10.9. The lowest BCUT2D eigenvalue weighted by Crippen LogP contribution is -2.15. The second-order valence-corrected chi connectivity index (χ2v) is 8.00. The fourth-order valence-electron chi connectivity index (χ4n) is 2.68. The minimum atomic E-state index is 0.258. The van der Waals surface area contributed by atoms with Gasteiger partial charge in [-0.25, -0.2) is 0 Å². The lowest BCUT2D eigenvalue weighted by Gasteiger charge is -2.16. The summed E-state index contributed by atoms with van der Waals surface area (Å²) in [7, 11) is 0. The van der Waals surface area contributed by atoms with Crippen molar-refractivity contribution in [2.75, 3.05) is 19.8 Å². The normalized spacial score (nSPS) is 10.9. The zero-order valence-electron chi connectivity index (χ0n) is 15.9. The quantitative estimate of drug-likeness (QED) is 0.359. The molecule has 2 N–H and O–H groups in total. The van der Waals surface area contributed by atoms with E-state index in [4.69, 9.17) is 37.8 Å². The average molecular weight is 491 g/mol. The predicted octanol–water partition coefficient (Wildman–Crippen LogP) is 5.99. The number of halogens is 3. The smallest absolute Gasteiger partial charge is 0.175 e. The van der Waals surface area contributed by atoms with Gasteiger partial charge in [0.2, 0.25) is 0 Å². The van der Waals surface area contributed by atoms with E-state index in [2.05, 4.69) is 21.2 Å². The number of benzene rings is 2. The van der Waals surface area contributed by atoms with Crippen molar-refractivity contribution < 1.29 is 14.6 Å². The molecule has 28 heavy (non-hydrogen) atoms. The van der Waals surface area contributed by atoms with Gasteiger partial charge < -0.3 is 19.9 Å². The highest BCUT2D eigenvalue weighted by Gasteiger charge is 2.13. The molecule has 0 heterocycles. The minimum Gasteiger partial charge on any atom is -0.490 e. The Kier molecular flexibility index (Phi) is 10.4. The van der Waals surface area contributed by atoms with Crippen LogP contribution in [0.15, 0.2) is 34.8 Å². The van der Waals surface area contributed by atoms with Gasteiger partial charge in [0.05, 0.1) is 21.1 Å². The van der Waals surface area contributed by atoms with Gasteiger partial charge in [-0.2, -0.15) is 0 Å². The Hall–Kier alpha value is -0.980. The molecule has 2 rings (SSSR count). The Labute approximate surface area is 185 Å². The van der Waals surface area contributed by atoms with E-state index in [-0.39, 0.29) is 6.61 Å². The Balaban J connectivity index is 2.01. The second-order valence-electron chi connectivity index (χ2n) is 6.34. The van der Waals surface area contributed by atoms with Crippen LogP contribution in [-0.4, -0.2) is 24.9 Å². The highest BCUT2D eigenvalue weighted by molar-refractivity contribution is 9.10. The van der Waals surface area contributed by atoms with Crippen molar-refractivity contribution in [3.63, 3.8) is 0 Å². The number of hydrogen-bond donors (Lipinski definition) is 2. The van der Waals surface area contributed by atoms with Gasteiger partial charge in [0.1, 0.15) is 6.61 Å². The number of rotatable bonds is 12. The maximum atomic E-state index is 8.82. The highest BCUT2D eigenvalue weighted by atomic mass is 79.9.